The van der Waals surface area contributed by atoms with Crippen LogP contribution in [0.3, 0.4) is 0 Å². The number of nitrogens with zero attached hydrogens (tertiary/aromatic N) is 1. The summed E-state index contributed by atoms with van der Waals surface area (Å²) in [5.74, 6) is 0. The molecule has 0 aliphatic heterocycles. The minimum Gasteiger partial charge on any atom is -0.330 e. The molecule has 3 nitrogen and oxygen atoms in total. The quantitative estimate of drug-likeness (QED) is 0.711. The summed E-state index contributed by atoms with van der Waals surface area (Å²) in [6.07, 6.45) is 4.70. The van der Waals surface area contributed by atoms with Crippen LogP contribution in [0.5, 0.6) is 0 Å². The molecule has 0 spiro atoms. The molecule has 1 aromatic heterocycles. The molecule has 0 amide bonds. The predicted octanol–water partition coefficient (Wildman–Crippen LogP) is 0.752. The van der Waals surface area contributed by atoms with E-state index in [2.05, 4.69) is 4.98 Å². The van der Waals surface area contributed by atoms with E-state index in [1.165, 1.54) is 0 Å². The van der Waals surface area contributed by atoms with Crippen molar-refractivity contribution in [3.8, 4) is 0 Å². The van der Waals surface area contributed by atoms with E-state index in [-0.39, 0.29) is 6.04 Å². The number of hydrogen-bond donors (Lipinski definition) is 2. The lowest BCUT2D eigenvalue weighted by molar-refractivity contribution is 0.584. The molecule has 1 unspecified atom stereocenters. The lowest BCUT2D eigenvalue weighted by Gasteiger charge is -2.07. The van der Waals surface area contributed by atoms with Crippen molar-refractivity contribution in [2.75, 3.05) is 6.54 Å². The standard InChI is InChI=1S/C8H15N3S/c9-3-1-2-7(10)6-8-11-4-5-12-8/h4-5,7H,1-3,6,9-10H2. The van der Waals surface area contributed by atoms with E-state index in [0.29, 0.717) is 0 Å². The van der Waals surface area contributed by atoms with Crippen molar-refractivity contribution < 1.29 is 0 Å². The molecule has 1 rings (SSSR count). The smallest absolute Gasteiger partial charge is 0.0940 e. The first-order valence-electron chi connectivity index (χ1n) is 4.17. The number of nitrogens with two attached hydrogens (primary N) is 2. The van der Waals surface area contributed by atoms with E-state index < -0.39 is 0 Å². The summed E-state index contributed by atoms with van der Waals surface area (Å²) in [6.45, 7) is 0.728. The van der Waals surface area contributed by atoms with E-state index >= 15 is 0 Å². The maximum atomic E-state index is 5.86. The molecule has 12 heavy (non-hydrogen) atoms. The Morgan fingerprint density at radius 2 is 2.42 bits per heavy atom. The maximum absolute atomic E-state index is 5.86. The topological polar surface area (TPSA) is 64.9 Å². The zero-order valence-electron chi connectivity index (χ0n) is 7.07. The first kappa shape index (κ1) is 9.64. The van der Waals surface area contributed by atoms with Gasteiger partial charge in [0, 0.05) is 24.0 Å². The fourth-order valence-corrected chi connectivity index (χ4v) is 1.77. The average Bonchev–Trinajstić information content (AvgIpc) is 2.53. The van der Waals surface area contributed by atoms with Gasteiger partial charge < -0.3 is 11.5 Å². The number of rotatable bonds is 5. The normalized spacial score (nSPS) is 13.2. The molecule has 0 aliphatic carbocycles. The minimum atomic E-state index is 0.222. The average molecular weight is 185 g/mol. The summed E-state index contributed by atoms with van der Waals surface area (Å²) in [5, 5.41) is 3.10. The Hall–Kier alpha value is -0.450. The summed E-state index contributed by atoms with van der Waals surface area (Å²) < 4.78 is 0. The summed E-state index contributed by atoms with van der Waals surface area (Å²) in [4.78, 5) is 4.17. The first-order valence-corrected chi connectivity index (χ1v) is 5.05. The molecule has 0 bridgehead atoms. The van der Waals surface area contributed by atoms with Crippen LogP contribution in [0, 0.1) is 0 Å². The van der Waals surface area contributed by atoms with Crippen LogP contribution >= 0.6 is 11.3 Å². The lowest BCUT2D eigenvalue weighted by atomic mass is 10.1. The molecule has 1 aromatic rings. The fraction of sp³-hybridized carbons (Fsp3) is 0.625. The van der Waals surface area contributed by atoms with Crippen LogP contribution in [0.1, 0.15) is 17.8 Å². The van der Waals surface area contributed by atoms with Crippen molar-refractivity contribution in [2.45, 2.75) is 25.3 Å². The molecule has 1 heterocycles. The zero-order valence-corrected chi connectivity index (χ0v) is 7.89. The maximum Gasteiger partial charge on any atom is 0.0940 e. The van der Waals surface area contributed by atoms with Gasteiger partial charge in [0.25, 0.3) is 0 Å². The van der Waals surface area contributed by atoms with Crippen molar-refractivity contribution >= 4 is 11.3 Å². The highest BCUT2D eigenvalue weighted by Crippen LogP contribution is 2.08. The fourth-order valence-electron chi connectivity index (χ4n) is 1.06. The van der Waals surface area contributed by atoms with Crippen LogP contribution in [0.4, 0.5) is 0 Å². The van der Waals surface area contributed by atoms with Gasteiger partial charge in [0.15, 0.2) is 0 Å². The molecule has 1 atom stereocenters. The van der Waals surface area contributed by atoms with E-state index in [1.54, 1.807) is 11.3 Å². The number of aromatic nitrogens is 1. The van der Waals surface area contributed by atoms with Gasteiger partial charge in [0.05, 0.1) is 5.01 Å². The van der Waals surface area contributed by atoms with E-state index in [1.807, 2.05) is 11.6 Å². The Morgan fingerprint density at radius 3 is 3.00 bits per heavy atom. The molecular formula is C8H15N3S. The Kier molecular flexibility index (Phi) is 4.21. The van der Waals surface area contributed by atoms with Crippen LogP contribution < -0.4 is 11.5 Å². The van der Waals surface area contributed by atoms with E-state index in [9.17, 15) is 0 Å². The monoisotopic (exact) mass is 185 g/mol. The third-order valence-corrected chi connectivity index (χ3v) is 2.50. The van der Waals surface area contributed by atoms with Gasteiger partial charge in [-0.05, 0) is 19.4 Å². The number of thiazole rings is 1. The largest absolute Gasteiger partial charge is 0.330 e. The molecule has 0 radical (unpaired) electrons. The van der Waals surface area contributed by atoms with Crippen molar-refractivity contribution in [3.63, 3.8) is 0 Å². The van der Waals surface area contributed by atoms with Gasteiger partial charge in [-0.1, -0.05) is 0 Å². The Morgan fingerprint density at radius 1 is 1.58 bits per heavy atom. The Labute approximate surface area is 76.8 Å². The molecule has 4 N–H and O–H groups in total. The minimum absolute atomic E-state index is 0.222. The summed E-state index contributed by atoms with van der Waals surface area (Å²) in [5.41, 5.74) is 11.2. The second kappa shape index (κ2) is 5.24. The van der Waals surface area contributed by atoms with Crippen LogP contribution in [0.15, 0.2) is 11.6 Å². The van der Waals surface area contributed by atoms with Gasteiger partial charge >= 0.3 is 0 Å². The predicted molar refractivity (Wildman–Crippen MR) is 52.1 cm³/mol. The molecule has 0 saturated carbocycles. The van der Waals surface area contributed by atoms with Gasteiger partial charge in [-0.3, -0.25) is 0 Å². The molecule has 4 heteroatoms. The van der Waals surface area contributed by atoms with Crippen LogP contribution in [-0.2, 0) is 6.42 Å². The SMILES string of the molecule is NCCCC(N)Cc1nccs1. The van der Waals surface area contributed by atoms with Gasteiger partial charge in [-0.2, -0.15) is 0 Å². The summed E-state index contributed by atoms with van der Waals surface area (Å²) in [7, 11) is 0. The van der Waals surface area contributed by atoms with E-state index in [4.69, 9.17) is 11.5 Å². The van der Waals surface area contributed by atoms with E-state index in [0.717, 1.165) is 30.8 Å². The van der Waals surface area contributed by atoms with Crippen LogP contribution in [-0.4, -0.2) is 17.6 Å². The second-order valence-electron chi connectivity index (χ2n) is 2.82. The van der Waals surface area contributed by atoms with Crippen LogP contribution in [0.25, 0.3) is 0 Å². The highest BCUT2D eigenvalue weighted by atomic mass is 32.1. The highest BCUT2D eigenvalue weighted by Gasteiger charge is 2.04. The summed E-state index contributed by atoms with van der Waals surface area (Å²) in [6, 6.07) is 0.222. The van der Waals surface area contributed by atoms with Gasteiger partial charge in [0.2, 0.25) is 0 Å². The molecule has 0 aromatic carbocycles. The third kappa shape index (κ3) is 3.30. The third-order valence-electron chi connectivity index (χ3n) is 1.70. The number of hydrogen-bond acceptors (Lipinski definition) is 4. The first-order chi connectivity index (χ1) is 5.83. The van der Waals surface area contributed by atoms with Crippen molar-refractivity contribution in [3.05, 3.63) is 16.6 Å². The summed E-state index contributed by atoms with van der Waals surface area (Å²) >= 11 is 1.66. The van der Waals surface area contributed by atoms with Crippen molar-refractivity contribution in [1.29, 1.82) is 0 Å². The molecule has 0 saturated heterocycles. The molecule has 0 fully saturated rings. The van der Waals surface area contributed by atoms with Crippen molar-refractivity contribution in [1.82, 2.24) is 4.98 Å². The molecular weight excluding hydrogens is 170 g/mol. The van der Waals surface area contributed by atoms with Crippen LogP contribution in [0.2, 0.25) is 0 Å². The zero-order chi connectivity index (χ0) is 8.81. The van der Waals surface area contributed by atoms with Crippen molar-refractivity contribution in [2.24, 2.45) is 11.5 Å². The van der Waals surface area contributed by atoms with Gasteiger partial charge in [-0.15, -0.1) is 11.3 Å². The van der Waals surface area contributed by atoms with Gasteiger partial charge in [0.1, 0.15) is 0 Å². The van der Waals surface area contributed by atoms with Gasteiger partial charge in [-0.25, -0.2) is 4.98 Å². The second-order valence-corrected chi connectivity index (χ2v) is 3.80. The Balaban J connectivity index is 2.22. The molecule has 68 valence electrons. The Bertz CT molecular complexity index is 198. The molecule has 0 aliphatic rings. The lowest BCUT2D eigenvalue weighted by Crippen LogP contribution is -2.23. The highest BCUT2D eigenvalue weighted by molar-refractivity contribution is 7.09.